The molecule has 1 N–H and O–H groups in total. The maximum atomic E-state index is 5.96. The fourth-order valence-corrected chi connectivity index (χ4v) is 2.79. The molecule has 1 aromatic carbocycles. The van der Waals surface area contributed by atoms with Crippen LogP contribution in [0.4, 0.5) is 0 Å². The summed E-state index contributed by atoms with van der Waals surface area (Å²) in [6.07, 6.45) is 12.4. The van der Waals surface area contributed by atoms with Crippen LogP contribution in [0.2, 0.25) is 0 Å². The van der Waals surface area contributed by atoms with E-state index in [1.165, 1.54) is 11.1 Å². The molecule has 0 radical (unpaired) electrons. The second-order valence-corrected chi connectivity index (χ2v) is 4.40. The van der Waals surface area contributed by atoms with Gasteiger partial charge in [-0.15, -0.1) is 0 Å². The molecule has 0 saturated heterocycles. The number of hydrogen-bond donors (Lipinski definition) is 1. The van der Waals surface area contributed by atoms with Gasteiger partial charge in [-0.2, -0.15) is 0 Å². The Hall–Kier alpha value is -2.22. The minimum Gasteiger partial charge on any atom is -0.460 e. The summed E-state index contributed by atoms with van der Waals surface area (Å²) in [7, 11) is 0. The maximum Gasteiger partial charge on any atom is 0.131 e. The monoisotopic (exact) mass is 221 g/mol. The van der Waals surface area contributed by atoms with Crippen molar-refractivity contribution in [3.63, 3.8) is 0 Å². The molecule has 0 bridgehead atoms. The summed E-state index contributed by atoms with van der Waals surface area (Å²) in [6.45, 7) is 0. The SMILES string of the molecule is C1=CC2=CNC=CC23C(=C1)Oc1ccccc13. The lowest BCUT2D eigenvalue weighted by atomic mass is 9.71. The van der Waals surface area contributed by atoms with Crippen LogP contribution >= 0.6 is 0 Å². The number of dihydropyridines is 1. The van der Waals surface area contributed by atoms with Crippen molar-refractivity contribution in [3.05, 3.63) is 77.9 Å². The molecule has 1 atom stereocenters. The van der Waals surface area contributed by atoms with Crippen LogP contribution in [0.1, 0.15) is 5.56 Å². The molecule has 1 aliphatic carbocycles. The van der Waals surface area contributed by atoms with Crippen LogP contribution in [0.25, 0.3) is 0 Å². The average Bonchev–Trinajstić information content (AvgIpc) is 2.71. The number of benzene rings is 1. The number of allylic oxidation sites excluding steroid dienone is 4. The molecule has 1 spiro atoms. The highest BCUT2D eigenvalue weighted by Crippen LogP contribution is 2.53. The van der Waals surface area contributed by atoms with Gasteiger partial charge in [0.2, 0.25) is 0 Å². The largest absolute Gasteiger partial charge is 0.460 e. The molecule has 1 unspecified atom stereocenters. The molecule has 0 saturated carbocycles. The predicted molar refractivity (Wildman–Crippen MR) is 66.3 cm³/mol. The third kappa shape index (κ3) is 0.954. The maximum absolute atomic E-state index is 5.96. The van der Waals surface area contributed by atoms with Gasteiger partial charge in [0.05, 0.1) is 0 Å². The van der Waals surface area contributed by atoms with Gasteiger partial charge in [0.25, 0.3) is 0 Å². The van der Waals surface area contributed by atoms with Crippen molar-refractivity contribution in [1.29, 1.82) is 0 Å². The molecule has 2 nitrogen and oxygen atoms in total. The van der Waals surface area contributed by atoms with Gasteiger partial charge in [0, 0.05) is 11.8 Å². The van der Waals surface area contributed by atoms with Crippen molar-refractivity contribution in [2.24, 2.45) is 0 Å². The minimum absolute atomic E-state index is 0.212. The summed E-state index contributed by atoms with van der Waals surface area (Å²) >= 11 is 0. The van der Waals surface area contributed by atoms with E-state index < -0.39 is 0 Å². The van der Waals surface area contributed by atoms with Gasteiger partial charge in [0.15, 0.2) is 0 Å². The third-order valence-electron chi connectivity index (χ3n) is 3.57. The van der Waals surface area contributed by atoms with Gasteiger partial charge in [-0.05, 0) is 30.0 Å². The molecule has 2 aliphatic heterocycles. The zero-order valence-corrected chi connectivity index (χ0v) is 9.18. The van der Waals surface area contributed by atoms with Crippen LogP contribution in [0.15, 0.2) is 72.3 Å². The summed E-state index contributed by atoms with van der Waals surface area (Å²) in [4.78, 5) is 0. The van der Waals surface area contributed by atoms with Gasteiger partial charge in [-0.3, -0.25) is 0 Å². The number of rotatable bonds is 0. The summed E-state index contributed by atoms with van der Waals surface area (Å²) in [6, 6.07) is 8.23. The van der Waals surface area contributed by atoms with Crippen LogP contribution in [0.3, 0.4) is 0 Å². The van der Waals surface area contributed by atoms with Gasteiger partial charge in [0.1, 0.15) is 16.9 Å². The van der Waals surface area contributed by atoms with Crippen LogP contribution < -0.4 is 10.1 Å². The van der Waals surface area contributed by atoms with Crippen molar-refractivity contribution < 1.29 is 4.74 Å². The Kier molecular flexibility index (Phi) is 1.52. The smallest absolute Gasteiger partial charge is 0.131 e. The number of hydrogen-bond acceptors (Lipinski definition) is 2. The van der Waals surface area contributed by atoms with Crippen molar-refractivity contribution >= 4 is 0 Å². The average molecular weight is 221 g/mol. The topological polar surface area (TPSA) is 21.3 Å². The van der Waals surface area contributed by atoms with Gasteiger partial charge >= 0.3 is 0 Å². The summed E-state index contributed by atoms with van der Waals surface area (Å²) in [5.74, 6) is 1.95. The Morgan fingerprint density at radius 1 is 1.18 bits per heavy atom. The van der Waals surface area contributed by atoms with E-state index in [2.05, 4.69) is 29.6 Å². The van der Waals surface area contributed by atoms with E-state index in [4.69, 9.17) is 4.74 Å². The van der Waals surface area contributed by atoms with Crippen molar-refractivity contribution in [2.75, 3.05) is 0 Å². The van der Waals surface area contributed by atoms with Crippen molar-refractivity contribution in [3.8, 4) is 5.75 Å². The lowest BCUT2D eigenvalue weighted by molar-refractivity contribution is 0.413. The first-order chi connectivity index (χ1) is 8.41. The predicted octanol–water partition coefficient (Wildman–Crippen LogP) is 2.77. The Balaban J connectivity index is 2.07. The zero-order chi connectivity index (χ0) is 11.3. The molecule has 1 aromatic rings. The van der Waals surface area contributed by atoms with Crippen molar-refractivity contribution in [1.82, 2.24) is 5.32 Å². The second kappa shape index (κ2) is 2.92. The van der Waals surface area contributed by atoms with Crippen molar-refractivity contribution in [2.45, 2.75) is 5.41 Å². The molecule has 17 heavy (non-hydrogen) atoms. The van der Waals surface area contributed by atoms with E-state index in [0.29, 0.717) is 0 Å². The number of nitrogens with one attached hydrogen (secondary N) is 1. The highest BCUT2D eigenvalue weighted by Gasteiger charge is 2.47. The number of fused-ring (bicyclic) bond motifs is 1. The summed E-state index contributed by atoms with van der Waals surface area (Å²) in [5, 5.41) is 3.15. The molecule has 0 fully saturated rings. The first-order valence-electron chi connectivity index (χ1n) is 5.72. The molecule has 0 aromatic heterocycles. The highest BCUT2D eigenvalue weighted by molar-refractivity contribution is 5.66. The molecular weight excluding hydrogens is 210 g/mol. The fraction of sp³-hybridized carbons (Fsp3) is 0.0667. The van der Waals surface area contributed by atoms with Crippen LogP contribution in [-0.2, 0) is 5.41 Å². The molecule has 2 heteroatoms. The first kappa shape index (κ1) is 8.88. The quantitative estimate of drug-likeness (QED) is 0.727. The molecule has 82 valence electrons. The van der Waals surface area contributed by atoms with Gasteiger partial charge < -0.3 is 10.1 Å². The molecular formula is C15H11NO. The van der Waals surface area contributed by atoms with E-state index in [0.717, 1.165) is 11.5 Å². The fourth-order valence-electron chi connectivity index (χ4n) is 2.79. The summed E-state index contributed by atoms with van der Waals surface area (Å²) in [5.41, 5.74) is 2.23. The Bertz CT molecular complexity index is 622. The number of para-hydroxylation sites is 1. The molecule has 2 heterocycles. The van der Waals surface area contributed by atoms with Gasteiger partial charge in [-0.25, -0.2) is 0 Å². The van der Waals surface area contributed by atoms with E-state index in [1.807, 2.05) is 36.7 Å². The summed E-state index contributed by atoms with van der Waals surface area (Å²) < 4.78 is 5.96. The van der Waals surface area contributed by atoms with Gasteiger partial charge in [-0.1, -0.05) is 30.4 Å². The minimum atomic E-state index is -0.212. The van der Waals surface area contributed by atoms with Crippen LogP contribution in [0.5, 0.6) is 5.75 Å². The molecule has 3 aliphatic rings. The van der Waals surface area contributed by atoms with E-state index in [9.17, 15) is 0 Å². The van der Waals surface area contributed by atoms with E-state index in [-0.39, 0.29) is 5.41 Å². The molecule has 4 rings (SSSR count). The second-order valence-electron chi connectivity index (χ2n) is 4.40. The normalized spacial score (nSPS) is 27.1. The van der Waals surface area contributed by atoms with E-state index in [1.54, 1.807) is 0 Å². The first-order valence-corrected chi connectivity index (χ1v) is 5.72. The van der Waals surface area contributed by atoms with E-state index >= 15 is 0 Å². The third-order valence-corrected chi connectivity index (χ3v) is 3.57. The van der Waals surface area contributed by atoms with Crippen LogP contribution in [-0.4, -0.2) is 0 Å². The lowest BCUT2D eigenvalue weighted by Gasteiger charge is -2.31. The Morgan fingerprint density at radius 3 is 3.12 bits per heavy atom. The highest BCUT2D eigenvalue weighted by atomic mass is 16.5. The zero-order valence-electron chi connectivity index (χ0n) is 9.18. The Morgan fingerprint density at radius 2 is 2.12 bits per heavy atom. The molecule has 0 amide bonds. The Labute approximate surface area is 99.6 Å². The lowest BCUT2D eigenvalue weighted by Crippen LogP contribution is -2.31. The number of ether oxygens (including phenoxy) is 1. The standard InChI is InChI=1S/C15H11NO/c1-2-6-13-12(5-1)15-8-9-16-10-11(15)4-3-7-14(15)17-13/h1-10,16H. The van der Waals surface area contributed by atoms with Crippen LogP contribution in [0, 0.1) is 0 Å².